The van der Waals surface area contributed by atoms with Gasteiger partial charge in [0.15, 0.2) is 5.96 Å². The van der Waals surface area contributed by atoms with E-state index in [-0.39, 0.29) is 11.7 Å². The predicted octanol–water partition coefficient (Wildman–Crippen LogP) is -2.63. The first-order valence-electron chi connectivity index (χ1n) is 6.94. The highest BCUT2D eigenvalue weighted by Crippen LogP contribution is 1.97. The van der Waals surface area contributed by atoms with E-state index < -0.39 is 35.9 Å². The summed E-state index contributed by atoms with van der Waals surface area (Å²) in [5.41, 5.74) is 16.0. The van der Waals surface area contributed by atoms with Crippen molar-refractivity contribution in [1.29, 1.82) is 0 Å². The molecular formula is C12H24N6O4S. The molecule has 0 aliphatic rings. The molecule has 0 rings (SSSR count). The summed E-state index contributed by atoms with van der Waals surface area (Å²) in [4.78, 5) is 38.2. The number of nitrogens with one attached hydrogen (secondary N) is 2. The van der Waals surface area contributed by atoms with Gasteiger partial charge in [0.05, 0.1) is 6.04 Å². The van der Waals surface area contributed by atoms with Gasteiger partial charge in [-0.2, -0.15) is 12.6 Å². The van der Waals surface area contributed by atoms with E-state index in [4.69, 9.17) is 22.3 Å². The molecular weight excluding hydrogens is 324 g/mol. The Morgan fingerprint density at radius 3 is 2.30 bits per heavy atom. The van der Waals surface area contributed by atoms with Crippen molar-refractivity contribution in [2.75, 3.05) is 12.3 Å². The zero-order valence-electron chi connectivity index (χ0n) is 12.9. The molecule has 11 heteroatoms. The predicted molar refractivity (Wildman–Crippen MR) is 88.9 cm³/mol. The Labute approximate surface area is 139 Å². The van der Waals surface area contributed by atoms with Crippen molar-refractivity contribution >= 4 is 36.4 Å². The average Bonchev–Trinajstić information content (AvgIpc) is 2.47. The average molecular weight is 348 g/mol. The van der Waals surface area contributed by atoms with Crippen LogP contribution in [0.1, 0.15) is 19.8 Å². The number of hydrogen-bond acceptors (Lipinski definition) is 6. The molecule has 3 unspecified atom stereocenters. The Bertz CT molecular complexity index is 455. The molecule has 132 valence electrons. The second-order valence-electron chi connectivity index (χ2n) is 4.87. The Morgan fingerprint density at radius 1 is 1.22 bits per heavy atom. The van der Waals surface area contributed by atoms with Crippen molar-refractivity contribution in [3.8, 4) is 0 Å². The van der Waals surface area contributed by atoms with Crippen LogP contribution in [-0.4, -0.2) is 59.3 Å². The van der Waals surface area contributed by atoms with E-state index >= 15 is 0 Å². The maximum atomic E-state index is 11.8. The van der Waals surface area contributed by atoms with Gasteiger partial charge in [0.25, 0.3) is 0 Å². The van der Waals surface area contributed by atoms with Crippen LogP contribution < -0.4 is 27.8 Å². The number of rotatable bonds is 10. The van der Waals surface area contributed by atoms with Gasteiger partial charge in [-0.05, 0) is 19.8 Å². The minimum absolute atomic E-state index is 0.0366. The van der Waals surface area contributed by atoms with Crippen LogP contribution in [0.15, 0.2) is 4.99 Å². The third kappa shape index (κ3) is 8.88. The lowest BCUT2D eigenvalue weighted by Gasteiger charge is -2.19. The smallest absolute Gasteiger partial charge is 0.327 e. The number of hydrogen-bond donors (Lipinski definition) is 7. The monoisotopic (exact) mass is 348 g/mol. The molecule has 0 aromatic heterocycles. The first kappa shape index (κ1) is 21.0. The molecule has 0 radical (unpaired) electrons. The summed E-state index contributed by atoms with van der Waals surface area (Å²) in [5.74, 6) is -2.46. The third-order valence-corrected chi connectivity index (χ3v) is 3.22. The van der Waals surface area contributed by atoms with Gasteiger partial charge in [-0.25, -0.2) is 4.79 Å². The summed E-state index contributed by atoms with van der Waals surface area (Å²) in [5, 5.41) is 13.5. The van der Waals surface area contributed by atoms with Crippen molar-refractivity contribution in [2.24, 2.45) is 22.2 Å². The number of aliphatic carboxylic acids is 1. The third-order valence-electron chi connectivity index (χ3n) is 2.85. The normalized spacial score (nSPS) is 14.2. The number of carbonyl (C=O) groups is 3. The van der Waals surface area contributed by atoms with Crippen molar-refractivity contribution in [3.05, 3.63) is 0 Å². The number of nitrogens with zero attached hydrogens (tertiary/aromatic N) is 1. The molecule has 9 N–H and O–H groups in total. The molecule has 10 nitrogen and oxygen atoms in total. The van der Waals surface area contributed by atoms with Gasteiger partial charge >= 0.3 is 5.97 Å². The molecule has 0 aliphatic carbocycles. The molecule has 0 fully saturated rings. The van der Waals surface area contributed by atoms with E-state index in [1.54, 1.807) is 0 Å². The van der Waals surface area contributed by atoms with Gasteiger partial charge in [-0.1, -0.05) is 0 Å². The molecule has 0 saturated heterocycles. The highest BCUT2D eigenvalue weighted by molar-refractivity contribution is 7.80. The van der Waals surface area contributed by atoms with Gasteiger partial charge in [-0.15, -0.1) is 0 Å². The zero-order chi connectivity index (χ0) is 18.0. The summed E-state index contributed by atoms with van der Waals surface area (Å²) < 4.78 is 0. The first-order valence-corrected chi connectivity index (χ1v) is 7.57. The van der Waals surface area contributed by atoms with Gasteiger partial charge in [0, 0.05) is 12.3 Å². The van der Waals surface area contributed by atoms with Gasteiger partial charge < -0.3 is 32.9 Å². The highest BCUT2D eigenvalue weighted by atomic mass is 32.1. The number of aliphatic imine (C=N–C) groups is 1. The highest BCUT2D eigenvalue weighted by Gasteiger charge is 2.24. The Morgan fingerprint density at radius 2 is 1.83 bits per heavy atom. The molecule has 3 atom stereocenters. The van der Waals surface area contributed by atoms with Crippen LogP contribution in [0, 0.1) is 0 Å². The van der Waals surface area contributed by atoms with E-state index in [0.29, 0.717) is 19.4 Å². The number of carboxylic acids is 1. The SMILES string of the molecule is CC(NC(=O)C(N)CCCN=C(N)N)C(=O)NC(CS)C(=O)O. The lowest BCUT2D eigenvalue weighted by Crippen LogP contribution is -2.53. The zero-order valence-corrected chi connectivity index (χ0v) is 13.8. The summed E-state index contributed by atoms with van der Waals surface area (Å²) in [6.07, 6.45) is 0.846. The van der Waals surface area contributed by atoms with E-state index in [1.807, 2.05) is 0 Å². The van der Waals surface area contributed by atoms with Gasteiger partial charge in [-0.3, -0.25) is 14.6 Å². The number of carbonyl (C=O) groups excluding carboxylic acids is 2. The minimum atomic E-state index is -1.21. The van der Waals surface area contributed by atoms with Crippen LogP contribution in [0.3, 0.4) is 0 Å². The van der Waals surface area contributed by atoms with E-state index in [1.165, 1.54) is 6.92 Å². The molecule has 0 aliphatic heterocycles. The fraction of sp³-hybridized carbons (Fsp3) is 0.667. The number of carboxylic acid groups (broad SMARTS) is 1. The number of nitrogens with two attached hydrogens (primary N) is 3. The first-order chi connectivity index (χ1) is 10.7. The summed E-state index contributed by atoms with van der Waals surface area (Å²) in [7, 11) is 0. The van der Waals surface area contributed by atoms with Crippen LogP contribution in [0.2, 0.25) is 0 Å². The van der Waals surface area contributed by atoms with Crippen LogP contribution >= 0.6 is 12.6 Å². The minimum Gasteiger partial charge on any atom is -0.480 e. The molecule has 23 heavy (non-hydrogen) atoms. The maximum absolute atomic E-state index is 11.8. The Balaban J connectivity index is 4.28. The van der Waals surface area contributed by atoms with Crippen molar-refractivity contribution in [3.63, 3.8) is 0 Å². The summed E-state index contributed by atoms with van der Waals surface area (Å²) >= 11 is 3.83. The molecule has 2 amide bonds. The molecule has 0 heterocycles. The van der Waals surface area contributed by atoms with Crippen LogP contribution in [0.25, 0.3) is 0 Å². The maximum Gasteiger partial charge on any atom is 0.327 e. The Kier molecular flexibility index (Phi) is 9.74. The lowest BCUT2D eigenvalue weighted by molar-refractivity contribution is -0.141. The van der Waals surface area contributed by atoms with E-state index in [2.05, 4.69) is 28.3 Å². The van der Waals surface area contributed by atoms with Crippen LogP contribution in [0.5, 0.6) is 0 Å². The standard InChI is InChI=1S/C12H24N6O4S/c1-6(9(19)18-8(5-23)11(21)22)17-10(20)7(13)3-2-4-16-12(14)15/h6-8,23H,2-5,13H2,1H3,(H,17,20)(H,18,19)(H,21,22)(H4,14,15,16). The number of thiol groups is 1. The largest absolute Gasteiger partial charge is 0.480 e. The van der Waals surface area contributed by atoms with Crippen molar-refractivity contribution < 1.29 is 19.5 Å². The number of guanidine groups is 1. The fourth-order valence-electron chi connectivity index (χ4n) is 1.52. The van der Waals surface area contributed by atoms with E-state index in [9.17, 15) is 14.4 Å². The molecule has 0 aromatic rings. The van der Waals surface area contributed by atoms with Crippen LogP contribution in [0.4, 0.5) is 0 Å². The second kappa shape index (κ2) is 10.7. The van der Waals surface area contributed by atoms with Gasteiger partial charge in [0.2, 0.25) is 11.8 Å². The molecule has 0 bridgehead atoms. The van der Waals surface area contributed by atoms with Gasteiger partial charge in [0.1, 0.15) is 12.1 Å². The quantitative estimate of drug-likeness (QED) is 0.0973. The lowest BCUT2D eigenvalue weighted by atomic mass is 10.1. The molecule has 0 spiro atoms. The fourth-order valence-corrected chi connectivity index (χ4v) is 1.77. The van der Waals surface area contributed by atoms with E-state index in [0.717, 1.165) is 0 Å². The van der Waals surface area contributed by atoms with Crippen LogP contribution in [-0.2, 0) is 14.4 Å². The molecule has 0 saturated carbocycles. The summed E-state index contributed by atoms with van der Waals surface area (Å²) in [6, 6.07) is -2.87. The van der Waals surface area contributed by atoms with Crippen molar-refractivity contribution in [1.82, 2.24) is 10.6 Å². The molecule has 0 aromatic carbocycles. The topological polar surface area (TPSA) is 186 Å². The number of amides is 2. The second-order valence-corrected chi connectivity index (χ2v) is 5.23. The summed E-state index contributed by atoms with van der Waals surface area (Å²) in [6.45, 7) is 1.78. The Hall–Kier alpha value is -2.01. The van der Waals surface area contributed by atoms with Crippen molar-refractivity contribution in [2.45, 2.75) is 37.9 Å².